The Morgan fingerprint density at radius 1 is 0.500 bits per heavy atom. The molecule has 4 aliphatic rings. The molecule has 0 heteroatoms. The minimum absolute atomic E-state index is 1.18. The molecule has 0 N–H and O–H groups in total. The summed E-state index contributed by atoms with van der Waals surface area (Å²) in [7, 11) is 0. The molecule has 0 heterocycles. The van der Waals surface area contributed by atoms with E-state index in [1.165, 1.54) is 62.2 Å². The van der Waals surface area contributed by atoms with Crippen molar-refractivity contribution in [3.63, 3.8) is 0 Å². The predicted molar refractivity (Wildman–Crippen MR) is 80.7 cm³/mol. The summed E-state index contributed by atoms with van der Waals surface area (Å²) in [5, 5.41) is 0. The van der Waals surface area contributed by atoms with Gasteiger partial charge in [-0.3, -0.25) is 0 Å². The van der Waals surface area contributed by atoms with Crippen LogP contribution in [0.1, 0.15) is 90.9 Å². The smallest absolute Gasteiger partial charge is 0.0406 e. The van der Waals surface area contributed by atoms with E-state index in [9.17, 15) is 0 Å². The van der Waals surface area contributed by atoms with Gasteiger partial charge in [0, 0.05) is 0 Å². The lowest BCUT2D eigenvalue weighted by atomic mass is 9.56. The molecule has 0 unspecified atom stereocenters. The maximum absolute atomic E-state index is 2.26. The third kappa shape index (κ3) is 4.28. The van der Waals surface area contributed by atoms with Crippen molar-refractivity contribution >= 4 is 0 Å². The van der Waals surface area contributed by atoms with E-state index < -0.39 is 0 Å². The van der Waals surface area contributed by atoms with Gasteiger partial charge < -0.3 is 0 Å². The van der Waals surface area contributed by atoms with Gasteiger partial charge in [-0.25, -0.2) is 0 Å². The lowest BCUT2D eigenvalue weighted by Gasteiger charge is -2.49. The number of unbranched alkanes of at least 4 members (excludes halogenated alkanes) is 5. The molecule has 4 saturated carbocycles. The highest BCUT2D eigenvalue weighted by Crippen LogP contribution is 2.53. The molecule has 4 bridgehead atoms. The van der Waals surface area contributed by atoms with E-state index >= 15 is 0 Å². The molecule has 0 radical (unpaired) electrons. The van der Waals surface area contributed by atoms with Crippen molar-refractivity contribution in [3.05, 3.63) is 0 Å². The van der Waals surface area contributed by atoms with Crippen molar-refractivity contribution in [1.82, 2.24) is 0 Å². The van der Waals surface area contributed by atoms with E-state index in [2.05, 4.69) is 13.8 Å². The van der Waals surface area contributed by atoms with E-state index in [0.717, 1.165) is 0 Å². The zero-order valence-electron chi connectivity index (χ0n) is 12.8. The Kier molecular flexibility index (Phi) is 6.05. The van der Waals surface area contributed by atoms with E-state index in [1.54, 1.807) is 38.5 Å². The second-order valence-corrected chi connectivity index (χ2v) is 7.29. The molecule has 0 spiro atoms. The summed E-state index contributed by atoms with van der Waals surface area (Å²) in [4.78, 5) is 0. The van der Waals surface area contributed by atoms with Gasteiger partial charge in [0.05, 0.1) is 0 Å². The fourth-order valence-corrected chi connectivity index (χ4v) is 4.84. The topological polar surface area (TPSA) is 0 Å². The fourth-order valence-electron chi connectivity index (χ4n) is 4.84. The van der Waals surface area contributed by atoms with E-state index in [-0.39, 0.29) is 0 Å². The highest BCUT2D eigenvalue weighted by atomic mass is 14.5. The Morgan fingerprint density at radius 3 is 1.00 bits per heavy atom. The van der Waals surface area contributed by atoms with Crippen LogP contribution in [0.3, 0.4) is 0 Å². The van der Waals surface area contributed by atoms with Crippen molar-refractivity contribution in [2.45, 2.75) is 90.9 Å². The standard InChI is InChI=1S/C10H16.C8H18/c1-7-2-9-4-8(1)5-10(3-7)6-9;1-3-5-7-8-6-4-2/h7-10H,1-6H2;3-8H2,1-2H3. The van der Waals surface area contributed by atoms with Gasteiger partial charge in [0.1, 0.15) is 0 Å². The van der Waals surface area contributed by atoms with Gasteiger partial charge in [-0.15, -0.1) is 0 Å². The van der Waals surface area contributed by atoms with E-state index in [0.29, 0.717) is 0 Å². The molecule has 0 saturated heterocycles. The van der Waals surface area contributed by atoms with Crippen LogP contribution in [0.15, 0.2) is 0 Å². The van der Waals surface area contributed by atoms with Gasteiger partial charge in [0.25, 0.3) is 0 Å². The molecule has 4 fully saturated rings. The third-order valence-corrected chi connectivity index (χ3v) is 5.46. The van der Waals surface area contributed by atoms with E-state index in [1.807, 2.05) is 0 Å². The first kappa shape index (κ1) is 14.4. The summed E-state index contributed by atoms with van der Waals surface area (Å²) < 4.78 is 0. The minimum atomic E-state index is 1.18. The molecule has 0 aromatic carbocycles. The van der Waals surface area contributed by atoms with Crippen molar-refractivity contribution in [2.24, 2.45) is 23.7 Å². The molecule has 4 rings (SSSR count). The van der Waals surface area contributed by atoms with Crippen LogP contribution >= 0.6 is 0 Å². The van der Waals surface area contributed by atoms with Crippen molar-refractivity contribution in [1.29, 1.82) is 0 Å². The normalized spacial score (nSPS) is 36.3. The van der Waals surface area contributed by atoms with Crippen LogP contribution in [0.2, 0.25) is 0 Å². The molecule has 18 heavy (non-hydrogen) atoms. The Labute approximate surface area is 115 Å². The monoisotopic (exact) mass is 250 g/mol. The average Bonchev–Trinajstić information content (AvgIpc) is 2.34. The van der Waals surface area contributed by atoms with Crippen molar-refractivity contribution in [3.8, 4) is 0 Å². The second-order valence-electron chi connectivity index (χ2n) is 7.29. The quantitative estimate of drug-likeness (QED) is 0.510. The Bertz CT molecular complexity index is 156. The van der Waals surface area contributed by atoms with Crippen molar-refractivity contribution < 1.29 is 0 Å². The zero-order chi connectivity index (χ0) is 12.8. The van der Waals surface area contributed by atoms with Crippen LogP contribution in [-0.2, 0) is 0 Å². The Balaban J connectivity index is 0.000000139. The second kappa shape index (κ2) is 7.56. The maximum Gasteiger partial charge on any atom is -0.0406 e. The van der Waals surface area contributed by atoms with Crippen LogP contribution in [0.4, 0.5) is 0 Å². The molecule has 0 aromatic heterocycles. The lowest BCUT2D eigenvalue weighted by molar-refractivity contribution is 0.0198. The van der Waals surface area contributed by atoms with Gasteiger partial charge >= 0.3 is 0 Å². The lowest BCUT2D eigenvalue weighted by Crippen LogP contribution is -2.38. The van der Waals surface area contributed by atoms with Gasteiger partial charge in [-0.1, -0.05) is 52.4 Å². The van der Waals surface area contributed by atoms with Crippen molar-refractivity contribution in [2.75, 3.05) is 0 Å². The fraction of sp³-hybridized carbons (Fsp3) is 1.00. The molecule has 0 nitrogen and oxygen atoms in total. The van der Waals surface area contributed by atoms with Gasteiger partial charge in [-0.05, 0) is 62.2 Å². The van der Waals surface area contributed by atoms with Gasteiger partial charge in [-0.2, -0.15) is 0 Å². The molecule has 4 aliphatic carbocycles. The first-order valence-electron chi connectivity index (χ1n) is 8.81. The summed E-state index contributed by atoms with van der Waals surface area (Å²) in [6.45, 7) is 4.51. The van der Waals surface area contributed by atoms with Crippen LogP contribution in [0.25, 0.3) is 0 Å². The average molecular weight is 250 g/mol. The first-order valence-corrected chi connectivity index (χ1v) is 8.81. The Hall–Kier alpha value is 0. The number of rotatable bonds is 5. The molecular formula is C18H34. The summed E-state index contributed by atoms with van der Waals surface area (Å²) in [5.41, 5.74) is 0. The zero-order valence-corrected chi connectivity index (χ0v) is 12.8. The predicted octanol–water partition coefficient (Wildman–Crippen LogP) is 6.20. The van der Waals surface area contributed by atoms with Crippen LogP contribution < -0.4 is 0 Å². The number of hydrogen-bond acceptors (Lipinski definition) is 0. The first-order chi connectivity index (χ1) is 8.81. The van der Waals surface area contributed by atoms with Crippen LogP contribution in [-0.4, -0.2) is 0 Å². The SMILES string of the molecule is C1C2CC3CC1CC(C2)C3.CCCCCCCC. The van der Waals surface area contributed by atoms with Crippen LogP contribution in [0, 0.1) is 23.7 Å². The van der Waals surface area contributed by atoms with Gasteiger partial charge in [0.2, 0.25) is 0 Å². The molecule has 106 valence electrons. The summed E-state index contributed by atoms with van der Waals surface area (Å²) in [6, 6.07) is 0. The van der Waals surface area contributed by atoms with E-state index in [4.69, 9.17) is 0 Å². The van der Waals surface area contributed by atoms with Crippen LogP contribution in [0.5, 0.6) is 0 Å². The molecule has 0 atom stereocenters. The molecule has 0 amide bonds. The highest BCUT2D eigenvalue weighted by Gasteiger charge is 2.41. The minimum Gasteiger partial charge on any atom is -0.0654 e. The van der Waals surface area contributed by atoms with Gasteiger partial charge in [0.15, 0.2) is 0 Å². The third-order valence-electron chi connectivity index (χ3n) is 5.46. The Morgan fingerprint density at radius 2 is 0.778 bits per heavy atom. The summed E-state index contributed by atoms with van der Waals surface area (Å²) in [6.07, 6.45) is 18.1. The summed E-state index contributed by atoms with van der Waals surface area (Å²) in [5.74, 6) is 4.71. The molecular weight excluding hydrogens is 216 g/mol. The molecule has 0 aliphatic heterocycles. The maximum atomic E-state index is 2.26. The molecule has 0 aromatic rings. The number of hydrogen-bond donors (Lipinski definition) is 0. The highest BCUT2D eigenvalue weighted by molar-refractivity contribution is 4.92. The summed E-state index contributed by atoms with van der Waals surface area (Å²) >= 11 is 0. The largest absolute Gasteiger partial charge is 0.0654 e.